The lowest BCUT2D eigenvalue weighted by Gasteiger charge is -2.33. The van der Waals surface area contributed by atoms with Gasteiger partial charge in [0.05, 0.1) is 28.8 Å². The number of piperidine rings is 1. The van der Waals surface area contributed by atoms with E-state index in [0.717, 1.165) is 6.42 Å². The zero-order valence-electron chi connectivity index (χ0n) is 15.2. The molecular weight excluding hydrogens is 390 g/mol. The number of anilines is 1. The molecule has 9 heteroatoms. The number of likely N-dealkylation sites (N-methyl/N-ethyl adjacent to an activating group) is 1. The first kappa shape index (κ1) is 20.1. The van der Waals surface area contributed by atoms with Crippen molar-refractivity contribution in [3.05, 3.63) is 29.3 Å². The van der Waals surface area contributed by atoms with Crippen LogP contribution in [0, 0.1) is 0 Å². The number of carbonyl (C=O) groups excluding carboxylic acids is 2. The van der Waals surface area contributed by atoms with Crippen LogP contribution < -0.4 is 10.2 Å². The highest BCUT2D eigenvalue weighted by Crippen LogP contribution is 2.28. The molecule has 1 aromatic rings. The fourth-order valence-electron chi connectivity index (χ4n) is 3.64. The van der Waals surface area contributed by atoms with Crippen molar-refractivity contribution in [1.82, 2.24) is 10.2 Å². The minimum absolute atomic E-state index is 0.0655. The van der Waals surface area contributed by atoms with E-state index in [1.165, 1.54) is 0 Å². The third-order valence-electron chi connectivity index (χ3n) is 5.14. The summed E-state index contributed by atoms with van der Waals surface area (Å²) >= 11 is 6.20. The normalized spacial score (nSPS) is 25.0. The first-order valence-electron chi connectivity index (χ1n) is 9.03. The predicted octanol–water partition coefficient (Wildman–Crippen LogP) is 1.07. The van der Waals surface area contributed by atoms with Gasteiger partial charge in [-0.05, 0) is 38.4 Å². The number of sulfone groups is 1. The van der Waals surface area contributed by atoms with Crippen LogP contribution in [0.2, 0.25) is 5.02 Å². The molecular formula is C18H24ClN3O4S. The molecule has 0 bridgehead atoms. The first-order chi connectivity index (χ1) is 12.8. The van der Waals surface area contributed by atoms with Gasteiger partial charge in [0, 0.05) is 12.6 Å². The molecule has 0 aromatic heterocycles. The lowest BCUT2D eigenvalue weighted by Crippen LogP contribution is -2.54. The largest absolute Gasteiger partial charge is 0.343 e. The summed E-state index contributed by atoms with van der Waals surface area (Å²) in [4.78, 5) is 28.6. The number of amides is 2. The maximum absolute atomic E-state index is 12.8. The van der Waals surface area contributed by atoms with E-state index in [4.69, 9.17) is 11.6 Å². The molecule has 2 aliphatic rings. The third kappa shape index (κ3) is 4.80. The molecule has 0 aliphatic carbocycles. The van der Waals surface area contributed by atoms with Crippen LogP contribution in [0.4, 0.5) is 5.69 Å². The summed E-state index contributed by atoms with van der Waals surface area (Å²) < 4.78 is 23.2. The monoisotopic (exact) mass is 413 g/mol. The SMILES string of the molecule is CN(CC(=O)N[C@@H]1CCCN(c2ccccc2Cl)C1=O)[C@@H]1CCS(=O)(=O)C1. The summed E-state index contributed by atoms with van der Waals surface area (Å²) in [5, 5.41) is 3.30. The van der Waals surface area contributed by atoms with Gasteiger partial charge in [0.15, 0.2) is 9.84 Å². The average molecular weight is 414 g/mol. The maximum Gasteiger partial charge on any atom is 0.249 e. The van der Waals surface area contributed by atoms with Gasteiger partial charge in [0.25, 0.3) is 0 Å². The highest BCUT2D eigenvalue weighted by atomic mass is 35.5. The molecule has 1 N–H and O–H groups in total. The van der Waals surface area contributed by atoms with Crippen LogP contribution in [-0.2, 0) is 19.4 Å². The smallest absolute Gasteiger partial charge is 0.249 e. The van der Waals surface area contributed by atoms with Crippen molar-refractivity contribution in [2.75, 3.05) is 36.5 Å². The Kier molecular flexibility index (Phi) is 6.08. The van der Waals surface area contributed by atoms with Gasteiger partial charge in [-0.15, -0.1) is 0 Å². The Morgan fingerprint density at radius 1 is 1.33 bits per heavy atom. The highest BCUT2D eigenvalue weighted by Gasteiger charge is 2.34. The summed E-state index contributed by atoms with van der Waals surface area (Å²) in [5.74, 6) is -0.202. The van der Waals surface area contributed by atoms with E-state index in [9.17, 15) is 18.0 Å². The molecule has 27 heavy (non-hydrogen) atoms. The summed E-state index contributed by atoms with van der Waals surface area (Å²) in [6, 6.07) is 6.40. The zero-order valence-corrected chi connectivity index (χ0v) is 16.8. The highest BCUT2D eigenvalue weighted by molar-refractivity contribution is 7.91. The van der Waals surface area contributed by atoms with Crippen molar-refractivity contribution in [2.45, 2.75) is 31.3 Å². The Morgan fingerprint density at radius 3 is 2.74 bits per heavy atom. The second kappa shape index (κ2) is 8.16. The fraction of sp³-hybridized carbons (Fsp3) is 0.556. The number of nitrogens with one attached hydrogen (secondary N) is 1. The first-order valence-corrected chi connectivity index (χ1v) is 11.2. The maximum atomic E-state index is 12.8. The number of nitrogens with zero attached hydrogens (tertiary/aromatic N) is 2. The molecule has 3 rings (SSSR count). The Labute approximate surface area is 164 Å². The molecule has 148 valence electrons. The van der Waals surface area contributed by atoms with Crippen LogP contribution in [0.5, 0.6) is 0 Å². The van der Waals surface area contributed by atoms with Crippen molar-refractivity contribution in [3.63, 3.8) is 0 Å². The van der Waals surface area contributed by atoms with Gasteiger partial charge in [0.2, 0.25) is 11.8 Å². The van der Waals surface area contributed by atoms with Gasteiger partial charge in [-0.25, -0.2) is 8.42 Å². The van der Waals surface area contributed by atoms with Crippen molar-refractivity contribution < 1.29 is 18.0 Å². The molecule has 2 heterocycles. The van der Waals surface area contributed by atoms with Gasteiger partial charge >= 0.3 is 0 Å². The van der Waals surface area contributed by atoms with Crippen molar-refractivity contribution >= 4 is 38.9 Å². The number of carbonyl (C=O) groups is 2. The Bertz CT molecular complexity index is 830. The average Bonchev–Trinajstić information content (AvgIpc) is 2.98. The molecule has 0 radical (unpaired) electrons. The molecule has 2 fully saturated rings. The molecule has 2 atom stereocenters. The Hall–Kier alpha value is -1.64. The van der Waals surface area contributed by atoms with E-state index < -0.39 is 15.9 Å². The van der Waals surface area contributed by atoms with Gasteiger partial charge < -0.3 is 10.2 Å². The molecule has 7 nitrogen and oxygen atoms in total. The van der Waals surface area contributed by atoms with E-state index in [-0.39, 0.29) is 35.9 Å². The van der Waals surface area contributed by atoms with Crippen LogP contribution in [-0.4, -0.2) is 68.9 Å². The lowest BCUT2D eigenvalue weighted by atomic mass is 10.0. The van der Waals surface area contributed by atoms with Crippen LogP contribution >= 0.6 is 11.6 Å². The van der Waals surface area contributed by atoms with Crippen molar-refractivity contribution in [3.8, 4) is 0 Å². The summed E-state index contributed by atoms with van der Waals surface area (Å²) in [6.45, 7) is 0.630. The number of halogens is 1. The molecule has 0 unspecified atom stereocenters. The number of hydrogen-bond donors (Lipinski definition) is 1. The molecule has 0 spiro atoms. The van der Waals surface area contributed by atoms with E-state index >= 15 is 0 Å². The number of benzene rings is 1. The summed E-state index contributed by atoms with van der Waals surface area (Å²) in [7, 11) is -1.26. The van der Waals surface area contributed by atoms with Crippen LogP contribution in [0.3, 0.4) is 0 Å². The van der Waals surface area contributed by atoms with E-state index in [1.54, 1.807) is 35.0 Å². The predicted molar refractivity (Wildman–Crippen MR) is 105 cm³/mol. The Morgan fingerprint density at radius 2 is 2.07 bits per heavy atom. The molecule has 2 aliphatic heterocycles. The minimum atomic E-state index is -3.00. The quantitative estimate of drug-likeness (QED) is 0.780. The van der Waals surface area contributed by atoms with E-state index in [1.807, 2.05) is 6.07 Å². The third-order valence-corrected chi connectivity index (χ3v) is 7.21. The molecule has 1 aromatic carbocycles. The van der Waals surface area contributed by atoms with E-state index in [0.29, 0.717) is 30.1 Å². The van der Waals surface area contributed by atoms with Gasteiger partial charge in [-0.3, -0.25) is 14.5 Å². The second-order valence-electron chi connectivity index (χ2n) is 7.18. The standard InChI is InChI=1S/C18H24ClN3O4S/c1-21(13-8-10-27(25,26)12-13)11-17(23)20-15-6-4-9-22(18(15)24)16-7-3-2-5-14(16)19/h2-3,5,7,13,15H,4,6,8-12H2,1H3,(H,20,23)/t13-,15-/m1/s1. The fourth-order valence-corrected chi connectivity index (χ4v) is 5.68. The summed E-state index contributed by atoms with van der Waals surface area (Å²) in [5.41, 5.74) is 0.649. The van der Waals surface area contributed by atoms with Gasteiger partial charge in [0.1, 0.15) is 6.04 Å². The topological polar surface area (TPSA) is 86.8 Å². The second-order valence-corrected chi connectivity index (χ2v) is 9.81. The lowest BCUT2D eigenvalue weighted by molar-refractivity contribution is -0.129. The molecule has 2 amide bonds. The molecule has 0 saturated carbocycles. The summed E-state index contributed by atoms with van der Waals surface area (Å²) in [6.07, 6.45) is 1.88. The van der Waals surface area contributed by atoms with E-state index in [2.05, 4.69) is 5.32 Å². The number of hydrogen-bond acceptors (Lipinski definition) is 5. The van der Waals surface area contributed by atoms with Gasteiger partial charge in [-0.2, -0.15) is 0 Å². The van der Waals surface area contributed by atoms with Crippen LogP contribution in [0.15, 0.2) is 24.3 Å². The van der Waals surface area contributed by atoms with Crippen molar-refractivity contribution in [1.29, 1.82) is 0 Å². The van der Waals surface area contributed by atoms with Crippen LogP contribution in [0.1, 0.15) is 19.3 Å². The number of para-hydroxylation sites is 1. The van der Waals surface area contributed by atoms with Crippen molar-refractivity contribution in [2.24, 2.45) is 0 Å². The van der Waals surface area contributed by atoms with Gasteiger partial charge in [-0.1, -0.05) is 23.7 Å². The van der Waals surface area contributed by atoms with Crippen LogP contribution in [0.25, 0.3) is 0 Å². The number of rotatable bonds is 5. The Balaban J connectivity index is 1.59. The minimum Gasteiger partial charge on any atom is -0.343 e. The molecule has 2 saturated heterocycles. The zero-order chi connectivity index (χ0) is 19.6.